The highest BCUT2D eigenvalue weighted by Crippen LogP contribution is 2.21. The minimum Gasteiger partial charge on any atom is -0.350 e. The van der Waals surface area contributed by atoms with Crippen molar-refractivity contribution in [3.8, 4) is 0 Å². The van der Waals surface area contributed by atoms with E-state index in [4.69, 9.17) is 11.6 Å². The van der Waals surface area contributed by atoms with Crippen molar-refractivity contribution in [2.24, 2.45) is 0 Å². The topological polar surface area (TPSA) is 49.4 Å². The first-order valence-corrected chi connectivity index (χ1v) is 10.4. The van der Waals surface area contributed by atoms with E-state index in [-0.39, 0.29) is 23.8 Å². The predicted octanol–water partition coefficient (Wildman–Crippen LogP) is 4.91. The first-order valence-electron chi connectivity index (χ1n) is 10.0. The molecule has 2 aromatic carbocycles. The standard InChI is InChI=1S/C24H31ClN2O2/c1-6-21(23(29)26-24(3,4)5)27(16-19-13-9-10-14-20(19)25)22(28)15-18-12-8-7-11-17(18)2/h7-14,21H,6,15-16H2,1-5H3,(H,26,29)/t21-/m0/s1. The average molecular weight is 415 g/mol. The zero-order valence-electron chi connectivity index (χ0n) is 18.0. The fourth-order valence-corrected chi connectivity index (χ4v) is 3.45. The number of halogens is 1. The molecule has 0 heterocycles. The van der Waals surface area contributed by atoms with Crippen LogP contribution in [0.1, 0.15) is 50.8 Å². The van der Waals surface area contributed by atoms with Crippen molar-refractivity contribution in [1.82, 2.24) is 10.2 Å². The molecule has 0 aliphatic carbocycles. The van der Waals surface area contributed by atoms with Crippen molar-refractivity contribution < 1.29 is 9.59 Å². The van der Waals surface area contributed by atoms with Crippen LogP contribution in [0.2, 0.25) is 5.02 Å². The number of nitrogens with one attached hydrogen (secondary N) is 1. The molecule has 0 unspecified atom stereocenters. The average Bonchev–Trinajstić information content (AvgIpc) is 2.63. The van der Waals surface area contributed by atoms with Gasteiger partial charge in [0.15, 0.2) is 0 Å². The largest absolute Gasteiger partial charge is 0.350 e. The quantitative estimate of drug-likeness (QED) is 0.699. The van der Waals surface area contributed by atoms with Crippen LogP contribution in [0.4, 0.5) is 0 Å². The molecule has 0 spiro atoms. The number of carbonyl (C=O) groups excluding carboxylic acids is 2. The summed E-state index contributed by atoms with van der Waals surface area (Å²) in [6, 6.07) is 14.7. The molecule has 4 nitrogen and oxygen atoms in total. The number of hydrogen-bond acceptors (Lipinski definition) is 2. The summed E-state index contributed by atoms with van der Waals surface area (Å²) in [6.45, 7) is 10.0. The van der Waals surface area contributed by atoms with E-state index in [0.717, 1.165) is 16.7 Å². The van der Waals surface area contributed by atoms with Gasteiger partial charge in [-0.1, -0.05) is 61.0 Å². The van der Waals surface area contributed by atoms with Crippen molar-refractivity contribution in [2.45, 2.75) is 65.6 Å². The van der Waals surface area contributed by atoms with E-state index in [9.17, 15) is 9.59 Å². The monoisotopic (exact) mass is 414 g/mol. The molecule has 0 aliphatic heterocycles. The number of nitrogens with zero attached hydrogens (tertiary/aromatic N) is 1. The van der Waals surface area contributed by atoms with E-state index in [1.807, 2.05) is 77.1 Å². The molecule has 0 fully saturated rings. The van der Waals surface area contributed by atoms with Crippen LogP contribution < -0.4 is 5.32 Å². The molecule has 2 amide bonds. The highest BCUT2D eigenvalue weighted by molar-refractivity contribution is 6.31. The lowest BCUT2D eigenvalue weighted by Gasteiger charge is -2.33. The lowest BCUT2D eigenvalue weighted by atomic mass is 10.0. The van der Waals surface area contributed by atoms with Gasteiger partial charge in [-0.2, -0.15) is 0 Å². The van der Waals surface area contributed by atoms with Crippen molar-refractivity contribution in [3.63, 3.8) is 0 Å². The summed E-state index contributed by atoms with van der Waals surface area (Å²) < 4.78 is 0. The van der Waals surface area contributed by atoms with Crippen LogP contribution in [0.25, 0.3) is 0 Å². The highest BCUT2D eigenvalue weighted by Gasteiger charge is 2.31. The van der Waals surface area contributed by atoms with Gasteiger partial charge < -0.3 is 10.2 Å². The molecule has 2 aromatic rings. The molecule has 1 atom stereocenters. The second-order valence-electron chi connectivity index (χ2n) is 8.38. The van der Waals surface area contributed by atoms with Gasteiger partial charge in [0.1, 0.15) is 6.04 Å². The van der Waals surface area contributed by atoms with E-state index in [1.165, 1.54) is 0 Å². The smallest absolute Gasteiger partial charge is 0.243 e. The normalized spacial score (nSPS) is 12.3. The third kappa shape index (κ3) is 6.60. The van der Waals surface area contributed by atoms with Crippen LogP contribution in [-0.2, 0) is 22.6 Å². The van der Waals surface area contributed by atoms with E-state index in [0.29, 0.717) is 18.0 Å². The second-order valence-corrected chi connectivity index (χ2v) is 8.79. The minimum absolute atomic E-state index is 0.0878. The van der Waals surface area contributed by atoms with Gasteiger partial charge >= 0.3 is 0 Å². The minimum atomic E-state index is -0.568. The lowest BCUT2D eigenvalue weighted by molar-refractivity contribution is -0.141. The van der Waals surface area contributed by atoms with Crippen LogP contribution in [0.15, 0.2) is 48.5 Å². The zero-order chi connectivity index (χ0) is 21.6. The summed E-state index contributed by atoms with van der Waals surface area (Å²) >= 11 is 6.35. The maximum Gasteiger partial charge on any atom is 0.243 e. The summed E-state index contributed by atoms with van der Waals surface area (Å²) in [6.07, 6.45) is 0.766. The highest BCUT2D eigenvalue weighted by atomic mass is 35.5. The Morgan fingerprint density at radius 2 is 1.62 bits per heavy atom. The van der Waals surface area contributed by atoms with Crippen molar-refractivity contribution in [1.29, 1.82) is 0 Å². The first-order chi connectivity index (χ1) is 13.6. The fourth-order valence-electron chi connectivity index (χ4n) is 3.26. The third-order valence-electron chi connectivity index (χ3n) is 4.79. The predicted molar refractivity (Wildman–Crippen MR) is 119 cm³/mol. The Labute approximate surface area is 179 Å². The second kappa shape index (κ2) is 9.93. The molecule has 1 N–H and O–H groups in total. The van der Waals surface area contributed by atoms with Gasteiger partial charge in [0, 0.05) is 17.1 Å². The van der Waals surface area contributed by atoms with Gasteiger partial charge in [0.2, 0.25) is 11.8 Å². The molecule has 156 valence electrons. The number of amides is 2. The molecular weight excluding hydrogens is 384 g/mol. The Balaban J connectivity index is 2.35. The number of aryl methyl sites for hydroxylation is 1. The molecule has 0 saturated heterocycles. The molecule has 5 heteroatoms. The number of rotatable bonds is 7. The first kappa shape index (κ1) is 23.0. The van der Waals surface area contributed by atoms with Gasteiger partial charge in [0.05, 0.1) is 6.42 Å². The molecule has 0 radical (unpaired) electrons. The van der Waals surface area contributed by atoms with E-state index < -0.39 is 6.04 Å². The van der Waals surface area contributed by atoms with Gasteiger partial charge in [-0.3, -0.25) is 9.59 Å². The zero-order valence-corrected chi connectivity index (χ0v) is 18.7. The molecular formula is C24H31ClN2O2. The Morgan fingerprint density at radius 3 is 2.17 bits per heavy atom. The number of carbonyl (C=O) groups is 2. The Hall–Kier alpha value is -2.33. The van der Waals surface area contributed by atoms with E-state index in [2.05, 4.69) is 5.32 Å². The molecule has 0 aromatic heterocycles. The van der Waals surface area contributed by atoms with Crippen molar-refractivity contribution in [2.75, 3.05) is 0 Å². The van der Waals surface area contributed by atoms with Gasteiger partial charge in [-0.15, -0.1) is 0 Å². The van der Waals surface area contributed by atoms with Gasteiger partial charge in [-0.05, 0) is 56.9 Å². The van der Waals surface area contributed by atoms with E-state index in [1.54, 1.807) is 11.0 Å². The van der Waals surface area contributed by atoms with E-state index >= 15 is 0 Å². The third-order valence-corrected chi connectivity index (χ3v) is 5.15. The van der Waals surface area contributed by atoms with Crippen LogP contribution in [0.3, 0.4) is 0 Å². The number of benzene rings is 2. The Bertz CT molecular complexity index is 858. The molecule has 29 heavy (non-hydrogen) atoms. The summed E-state index contributed by atoms with van der Waals surface area (Å²) in [5, 5.41) is 3.61. The SMILES string of the molecule is CC[C@@H](C(=O)NC(C)(C)C)N(Cc1ccccc1Cl)C(=O)Cc1ccccc1C. The van der Waals surface area contributed by atoms with Crippen molar-refractivity contribution >= 4 is 23.4 Å². The van der Waals surface area contributed by atoms with Crippen molar-refractivity contribution in [3.05, 3.63) is 70.2 Å². The summed E-state index contributed by atoms with van der Waals surface area (Å²) in [5.41, 5.74) is 2.48. The molecule has 0 saturated carbocycles. The molecule has 0 aliphatic rings. The van der Waals surface area contributed by atoms with Crippen LogP contribution in [0, 0.1) is 6.92 Å². The molecule has 0 bridgehead atoms. The Morgan fingerprint density at radius 1 is 1.03 bits per heavy atom. The summed E-state index contributed by atoms with van der Waals surface area (Å²) in [5.74, 6) is -0.236. The Kier molecular flexibility index (Phi) is 7.86. The molecule has 2 rings (SSSR count). The van der Waals surface area contributed by atoms with Crippen LogP contribution in [0.5, 0.6) is 0 Å². The summed E-state index contributed by atoms with van der Waals surface area (Å²) in [4.78, 5) is 28.0. The van der Waals surface area contributed by atoms with Crippen LogP contribution >= 0.6 is 11.6 Å². The fraction of sp³-hybridized carbons (Fsp3) is 0.417. The van der Waals surface area contributed by atoms with Gasteiger partial charge in [0.25, 0.3) is 0 Å². The van der Waals surface area contributed by atoms with Gasteiger partial charge in [-0.25, -0.2) is 0 Å². The number of hydrogen-bond donors (Lipinski definition) is 1. The summed E-state index contributed by atoms with van der Waals surface area (Å²) in [7, 11) is 0. The maximum atomic E-state index is 13.4. The van der Waals surface area contributed by atoms with Crippen LogP contribution in [-0.4, -0.2) is 28.3 Å². The lowest BCUT2D eigenvalue weighted by Crippen LogP contribution is -2.53. The maximum absolute atomic E-state index is 13.4.